The molecule has 2 atom stereocenters. The Morgan fingerprint density at radius 1 is 1.21 bits per heavy atom. The highest BCUT2D eigenvalue weighted by molar-refractivity contribution is 6.06. The molecule has 5 heteroatoms. The molecule has 0 bridgehead atoms. The number of aromatic nitrogens is 1. The summed E-state index contributed by atoms with van der Waals surface area (Å²) in [6, 6.07) is 3.74. The Morgan fingerprint density at radius 3 is 2.48 bits per heavy atom. The fraction of sp³-hybridized carbons (Fsp3) is 0.500. The molecule has 172 valence electrons. The number of allylic oxidation sites excluding steroid dienone is 4. The minimum absolute atomic E-state index is 0.0735. The Hall–Kier alpha value is -3.00. The van der Waals surface area contributed by atoms with Crippen LogP contribution in [0.25, 0.3) is 0 Å². The SMILES string of the molecule is CC#CC1=CC(C)C(C2C(=O)CC3(CCN(C(=O)Cc4cccnc4)CC3)CC2=O)C(C)=C1. The van der Waals surface area contributed by atoms with Crippen molar-refractivity contribution in [3.05, 3.63) is 53.4 Å². The van der Waals surface area contributed by atoms with E-state index < -0.39 is 5.92 Å². The first-order valence-corrected chi connectivity index (χ1v) is 11.9. The van der Waals surface area contributed by atoms with Gasteiger partial charge < -0.3 is 4.90 Å². The van der Waals surface area contributed by atoms with Gasteiger partial charge in [-0.3, -0.25) is 19.4 Å². The summed E-state index contributed by atoms with van der Waals surface area (Å²) in [5.41, 5.74) is 2.65. The Kier molecular flexibility index (Phi) is 6.65. The lowest BCUT2D eigenvalue weighted by Gasteiger charge is -2.46. The van der Waals surface area contributed by atoms with Crippen molar-refractivity contribution in [1.82, 2.24) is 9.88 Å². The van der Waals surface area contributed by atoms with Crippen LogP contribution in [0.1, 0.15) is 52.0 Å². The fourth-order valence-corrected chi connectivity index (χ4v) is 5.95. The van der Waals surface area contributed by atoms with Crippen LogP contribution in [0.15, 0.2) is 47.8 Å². The maximum absolute atomic E-state index is 13.3. The highest BCUT2D eigenvalue weighted by Gasteiger charge is 2.50. The number of nitrogens with zero attached hydrogens (tertiary/aromatic N) is 2. The zero-order valence-corrected chi connectivity index (χ0v) is 19.8. The van der Waals surface area contributed by atoms with Gasteiger partial charge in [0.25, 0.3) is 0 Å². The summed E-state index contributed by atoms with van der Waals surface area (Å²) in [7, 11) is 0. The van der Waals surface area contributed by atoms with Gasteiger partial charge in [0, 0.05) is 49.8 Å². The Bertz CT molecular complexity index is 1050. The molecule has 4 rings (SSSR count). The van der Waals surface area contributed by atoms with Gasteiger partial charge in [-0.15, -0.1) is 5.92 Å². The largest absolute Gasteiger partial charge is 0.342 e. The zero-order chi connectivity index (χ0) is 23.6. The molecule has 1 amide bonds. The number of hydrogen-bond acceptors (Lipinski definition) is 4. The lowest BCUT2D eigenvalue weighted by Crippen LogP contribution is -2.51. The molecule has 0 radical (unpaired) electrons. The topological polar surface area (TPSA) is 67.3 Å². The molecule has 1 saturated heterocycles. The van der Waals surface area contributed by atoms with E-state index in [2.05, 4.69) is 29.8 Å². The summed E-state index contributed by atoms with van der Waals surface area (Å²) >= 11 is 0. The number of hydrogen-bond donors (Lipinski definition) is 0. The number of amides is 1. The zero-order valence-electron chi connectivity index (χ0n) is 19.8. The highest BCUT2D eigenvalue weighted by atomic mass is 16.2. The van der Waals surface area contributed by atoms with Crippen LogP contribution in [0.2, 0.25) is 0 Å². The Morgan fingerprint density at radius 2 is 1.91 bits per heavy atom. The summed E-state index contributed by atoms with van der Waals surface area (Å²) < 4.78 is 0. The summed E-state index contributed by atoms with van der Waals surface area (Å²) in [5, 5.41) is 0. The van der Waals surface area contributed by atoms with Crippen LogP contribution in [-0.2, 0) is 20.8 Å². The smallest absolute Gasteiger partial charge is 0.227 e. The molecule has 3 aliphatic rings. The van der Waals surface area contributed by atoms with Gasteiger partial charge in [-0.25, -0.2) is 0 Å². The van der Waals surface area contributed by atoms with Crippen LogP contribution in [0.3, 0.4) is 0 Å². The molecular formula is C28H32N2O3. The van der Waals surface area contributed by atoms with E-state index in [1.54, 1.807) is 12.4 Å². The van der Waals surface area contributed by atoms with Crippen LogP contribution in [0.5, 0.6) is 0 Å². The van der Waals surface area contributed by atoms with Crippen molar-refractivity contribution in [2.24, 2.45) is 23.2 Å². The van der Waals surface area contributed by atoms with Crippen molar-refractivity contribution in [3.8, 4) is 11.8 Å². The number of piperidine rings is 1. The van der Waals surface area contributed by atoms with Gasteiger partial charge in [0.1, 0.15) is 11.6 Å². The van der Waals surface area contributed by atoms with Crippen LogP contribution in [0.4, 0.5) is 0 Å². The van der Waals surface area contributed by atoms with E-state index >= 15 is 0 Å². The molecule has 1 aliphatic heterocycles. The lowest BCUT2D eigenvalue weighted by atomic mass is 9.59. The first-order chi connectivity index (χ1) is 15.8. The Labute approximate surface area is 196 Å². The molecule has 33 heavy (non-hydrogen) atoms. The summed E-state index contributed by atoms with van der Waals surface area (Å²) in [5.74, 6) is 5.72. The van der Waals surface area contributed by atoms with Crippen molar-refractivity contribution in [2.45, 2.75) is 52.9 Å². The van der Waals surface area contributed by atoms with E-state index in [0.29, 0.717) is 45.2 Å². The van der Waals surface area contributed by atoms with Gasteiger partial charge in [-0.05, 0) is 55.7 Å². The number of pyridine rings is 1. The monoisotopic (exact) mass is 444 g/mol. The quantitative estimate of drug-likeness (QED) is 0.523. The van der Waals surface area contributed by atoms with Gasteiger partial charge in [0.2, 0.25) is 5.91 Å². The van der Waals surface area contributed by atoms with Crippen LogP contribution in [0, 0.1) is 35.0 Å². The summed E-state index contributed by atoms with van der Waals surface area (Å²) in [6.07, 6.45) is 10.2. The van der Waals surface area contributed by atoms with E-state index in [-0.39, 0.29) is 34.7 Å². The van der Waals surface area contributed by atoms with Gasteiger partial charge in [0.15, 0.2) is 0 Å². The third-order valence-corrected chi connectivity index (χ3v) is 7.59. The number of Topliss-reactive ketones (excluding diaryl/α,β-unsaturated/α-hetero) is 2. The van der Waals surface area contributed by atoms with Crippen molar-refractivity contribution in [1.29, 1.82) is 0 Å². The second kappa shape index (κ2) is 9.47. The van der Waals surface area contributed by atoms with Crippen molar-refractivity contribution >= 4 is 17.5 Å². The number of ketones is 2. The average molecular weight is 445 g/mol. The number of carbonyl (C=O) groups is 3. The molecule has 0 N–H and O–H groups in total. The van der Waals surface area contributed by atoms with Crippen molar-refractivity contribution in [3.63, 3.8) is 0 Å². The molecular weight excluding hydrogens is 412 g/mol. The highest BCUT2D eigenvalue weighted by Crippen LogP contribution is 2.47. The van der Waals surface area contributed by atoms with Gasteiger partial charge >= 0.3 is 0 Å². The number of rotatable bonds is 3. The molecule has 2 fully saturated rings. The average Bonchev–Trinajstić information content (AvgIpc) is 2.76. The molecule has 1 spiro atoms. The standard InChI is InChI=1S/C28H32N2O3/c1-4-6-21-13-19(2)26(20(3)14-21)27-23(31)16-28(17-24(27)32)8-11-30(12-9-28)25(33)15-22-7-5-10-29-18-22/h5,7,10,13-14,18-19,26-27H,8-9,11-12,15-17H2,1-3H3. The second-order valence-electron chi connectivity index (χ2n) is 9.95. The van der Waals surface area contributed by atoms with E-state index in [1.807, 2.05) is 37.0 Å². The first kappa shape index (κ1) is 23.2. The van der Waals surface area contributed by atoms with Gasteiger partial charge in [-0.2, -0.15) is 0 Å². The lowest BCUT2D eigenvalue weighted by molar-refractivity contribution is -0.145. The van der Waals surface area contributed by atoms with E-state index in [0.717, 1.165) is 16.7 Å². The van der Waals surface area contributed by atoms with Gasteiger partial charge in [0.05, 0.1) is 12.3 Å². The molecule has 0 aromatic carbocycles. The second-order valence-corrected chi connectivity index (χ2v) is 9.95. The van der Waals surface area contributed by atoms with Crippen LogP contribution >= 0.6 is 0 Å². The maximum atomic E-state index is 13.3. The molecule has 1 aromatic heterocycles. The predicted molar refractivity (Wildman–Crippen MR) is 127 cm³/mol. The molecule has 2 unspecified atom stereocenters. The molecule has 1 aromatic rings. The number of likely N-dealkylation sites (tertiary alicyclic amines) is 1. The van der Waals surface area contributed by atoms with E-state index in [9.17, 15) is 14.4 Å². The van der Waals surface area contributed by atoms with Crippen molar-refractivity contribution in [2.75, 3.05) is 13.1 Å². The third-order valence-electron chi connectivity index (χ3n) is 7.59. The number of carbonyl (C=O) groups excluding carboxylic acids is 3. The minimum atomic E-state index is -0.556. The Balaban J connectivity index is 1.40. The molecule has 5 nitrogen and oxygen atoms in total. The maximum Gasteiger partial charge on any atom is 0.227 e. The van der Waals surface area contributed by atoms with Crippen LogP contribution in [-0.4, -0.2) is 40.4 Å². The van der Waals surface area contributed by atoms with Crippen molar-refractivity contribution < 1.29 is 14.4 Å². The molecule has 2 aliphatic carbocycles. The van der Waals surface area contributed by atoms with Crippen LogP contribution < -0.4 is 0 Å². The predicted octanol–water partition coefficient (Wildman–Crippen LogP) is 3.94. The van der Waals surface area contributed by atoms with E-state index in [1.165, 1.54) is 0 Å². The van der Waals surface area contributed by atoms with Gasteiger partial charge in [-0.1, -0.05) is 30.6 Å². The minimum Gasteiger partial charge on any atom is -0.342 e. The summed E-state index contributed by atoms with van der Waals surface area (Å²) in [6.45, 7) is 7.11. The normalized spacial score (nSPS) is 25.2. The molecule has 2 heterocycles. The first-order valence-electron chi connectivity index (χ1n) is 11.9. The third kappa shape index (κ3) is 4.85. The summed E-state index contributed by atoms with van der Waals surface area (Å²) in [4.78, 5) is 45.4. The molecule has 1 saturated carbocycles. The fourth-order valence-electron chi connectivity index (χ4n) is 5.95. The van der Waals surface area contributed by atoms with E-state index in [4.69, 9.17) is 0 Å².